The molecule has 0 aliphatic carbocycles. The van der Waals surface area contributed by atoms with Crippen LogP contribution in [0.2, 0.25) is 0 Å². The van der Waals surface area contributed by atoms with E-state index in [0.29, 0.717) is 6.42 Å². The van der Waals surface area contributed by atoms with Crippen molar-refractivity contribution in [3.8, 4) is 0 Å². The average Bonchev–Trinajstić information content (AvgIpc) is 2.51. The molecular formula is C19H40N2O2. The lowest BCUT2D eigenvalue weighted by Crippen LogP contribution is -2.13. The summed E-state index contributed by atoms with van der Waals surface area (Å²) in [6.45, 7) is 2.26. The summed E-state index contributed by atoms with van der Waals surface area (Å²) in [7, 11) is 1.65. The number of hydrogen-bond donors (Lipinski definition) is 3. The third-order valence-electron chi connectivity index (χ3n) is 3.65. The molecule has 0 rings (SSSR count). The Bertz CT molecular complexity index is 256. The van der Waals surface area contributed by atoms with Gasteiger partial charge in [-0.1, -0.05) is 70.4 Å². The molecule has 138 valence electrons. The highest BCUT2D eigenvalue weighted by Crippen LogP contribution is 2.09. The zero-order valence-electron chi connectivity index (χ0n) is 15.5. The van der Waals surface area contributed by atoms with Gasteiger partial charge in [0.25, 0.3) is 0 Å². The fourth-order valence-corrected chi connectivity index (χ4v) is 2.35. The number of nitrogens with one attached hydrogen (secondary N) is 1. The summed E-state index contributed by atoms with van der Waals surface area (Å²) in [5, 5.41) is 8.51. The summed E-state index contributed by atoms with van der Waals surface area (Å²) in [6, 6.07) is 0. The van der Waals surface area contributed by atoms with E-state index in [4.69, 9.17) is 5.11 Å². The van der Waals surface area contributed by atoms with E-state index in [-0.39, 0.29) is 0 Å². The number of hydrazine groups is 1. The smallest absolute Gasteiger partial charge is 0.303 e. The first-order valence-corrected chi connectivity index (χ1v) is 9.43. The number of hydrogen-bond acceptors (Lipinski definition) is 3. The van der Waals surface area contributed by atoms with E-state index in [1.807, 2.05) is 0 Å². The molecule has 0 spiro atoms. The van der Waals surface area contributed by atoms with Crippen molar-refractivity contribution in [1.82, 2.24) is 5.43 Å². The van der Waals surface area contributed by atoms with Gasteiger partial charge in [-0.05, 0) is 39.2 Å². The van der Waals surface area contributed by atoms with E-state index in [1.165, 1.54) is 70.6 Å². The summed E-state index contributed by atoms with van der Waals surface area (Å²) in [5.74, 6) is 3.93. The van der Waals surface area contributed by atoms with E-state index < -0.39 is 5.97 Å². The number of aliphatic carboxylic acids is 1. The molecular weight excluding hydrogens is 288 g/mol. The predicted molar refractivity (Wildman–Crippen MR) is 100 cm³/mol. The lowest BCUT2D eigenvalue weighted by atomic mass is 10.1. The van der Waals surface area contributed by atoms with Crippen molar-refractivity contribution in [2.75, 3.05) is 7.05 Å². The molecule has 0 saturated carbocycles. The van der Waals surface area contributed by atoms with Gasteiger partial charge in [0.2, 0.25) is 0 Å². The van der Waals surface area contributed by atoms with Gasteiger partial charge >= 0.3 is 5.97 Å². The summed E-state index contributed by atoms with van der Waals surface area (Å²) >= 11 is 0. The van der Waals surface area contributed by atoms with Crippen LogP contribution in [0.3, 0.4) is 0 Å². The van der Waals surface area contributed by atoms with Crippen molar-refractivity contribution < 1.29 is 9.90 Å². The minimum absolute atomic E-state index is 0.332. The first-order chi connectivity index (χ1) is 11.2. The lowest BCUT2D eigenvalue weighted by molar-refractivity contribution is -0.137. The molecule has 0 atom stereocenters. The van der Waals surface area contributed by atoms with E-state index in [0.717, 1.165) is 12.8 Å². The van der Waals surface area contributed by atoms with Gasteiger partial charge in [-0.2, -0.15) is 0 Å². The molecule has 0 aromatic heterocycles. The summed E-state index contributed by atoms with van der Waals surface area (Å²) in [4.78, 5) is 10.3. The van der Waals surface area contributed by atoms with Crippen molar-refractivity contribution >= 4 is 5.97 Å². The second-order valence-electron chi connectivity index (χ2n) is 6.02. The first kappa shape index (κ1) is 24.4. The van der Waals surface area contributed by atoms with Crippen molar-refractivity contribution in [2.45, 2.75) is 96.8 Å². The largest absolute Gasteiger partial charge is 0.481 e. The monoisotopic (exact) mass is 328 g/mol. The normalized spacial score (nSPS) is 10.6. The molecule has 0 bridgehead atoms. The van der Waals surface area contributed by atoms with Crippen LogP contribution in [0.4, 0.5) is 0 Å². The molecule has 0 aromatic carbocycles. The number of nitrogens with two attached hydrogens (primary N) is 1. The molecule has 0 aromatic rings. The zero-order valence-corrected chi connectivity index (χ0v) is 15.5. The predicted octanol–water partition coefficient (Wildman–Crippen LogP) is 5.19. The molecule has 0 aliphatic rings. The van der Waals surface area contributed by atoms with Gasteiger partial charge in [-0.25, -0.2) is 0 Å². The zero-order chi connectivity index (χ0) is 17.6. The van der Waals surface area contributed by atoms with Crippen LogP contribution in [0, 0.1) is 0 Å². The Morgan fingerprint density at radius 3 is 1.70 bits per heavy atom. The highest BCUT2D eigenvalue weighted by Gasteiger charge is 1.95. The summed E-state index contributed by atoms with van der Waals surface area (Å²) in [6.07, 6.45) is 21.2. The van der Waals surface area contributed by atoms with Crippen LogP contribution in [-0.2, 0) is 4.79 Å². The number of allylic oxidation sites excluding steroid dienone is 2. The fourth-order valence-electron chi connectivity index (χ4n) is 2.35. The topological polar surface area (TPSA) is 75.3 Å². The molecule has 0 amide bonds. The van der Waals surface area contributed by atoms with Crippen molar-refractivity contribution in [3.63, 3.8) is 0 Å². The molecule has 0 aliphatic heterocycles. The van der Waals surface area contributed by atoms with Gasteiger partial charge in [0, 0.05) is 6.42 Å². The lowest BCUT2D eigenvalue weighted by Gasteiger charge is -1.99. The van der Waals surface area contributed by atoms with E-state index in [1.54, 1.807) is 7.05 Å². The molecule has 4 nitrogen and oxygen atoms in total. The van der Waals surface area contributed by atoms with Crippen molar-refractivity contribution in [2.24, 2.45) is 5.84 Å². The van der Waals surface area contributed by atoms with Crippen LogP contribution in [0.25, 0.3) is 0 Å². The SMILES string of the molecule is CCCCCCCC/C=C\CCCCCCCC(=O)O.CNN. The van der Waals surface area contributed by atoms with Gasteiger partial charge in [-0.15, -0.1) is 0 Å². The fraction of sp³-hybridized carbons (Fsp3) is 0.842. The number of carboxylic acid groups (broad SMARTS) is 1. The molecule has 0 fully saturated rings. The molecule has 0 radical (unpaired) electrons. The van der Waals surface area contributed by atoms with Crippen LogP contribution >= 0.6 is 0 Å². The second-order valence-corrected chi connectivity index (χ2v) is 6.02. The molecule has 4 heteroatoms. The summed E-state index contributed by atoms with van der Waals surface area (Å²) < 4.78 is 0. The van der Waals surface area contributed by atoms with Crippen LogP contribution < -0.4 is 11.3 Å². The first-order valence-electron chi connectivity index (χ1n) is 9.43. The van der Waals surface area contributed by atoms with Crippen LogP contribution in [0.5, 0.6) is 0 Å². The van der Waals surface area contributed by atoms with E-state index in [9.17, 15) is 4.79 Å². The number of rotatable bonds is 15. The highest BCUT2D eigenvalue weighted by atomic mass is 16.4. The Morgan fingerprint density at radius 1 is 0.870 bits per heavy atom. The maximum absolute atomic E-state index is 10.3. The Morgan fingerprint density at radius 2 is 1.26 bits per heavy atom. The Hall–Kier alpha value is -0.870. The quantitative estimate of drug-likeness (QED) is 0.167. The third kappa shape index (κ3) is 29.7. The van der Waals surface area contributed by atoms with Crippen molar-refractivity contribution in [3.05, 3.63) is 12.2 Å². The standard InChI is InChI=1S/C18H34O2.CH6N2/c1-2-3-4-5-6-7-8-9-10-11-12-13-14-15-16-17-18(19)20;1-3-2/h9-10H,2-8,11-17H2,1H3,(H,19,20);3H,2H2,1H3/b10-9-;. The number of carbonyl (C=O) groups is 1. The molecule has 0 saturated heterocycles. The molecule has 4 N–H and O–H groups in total. The maximum atomic E-state index is 10.3. The number of unbranched alkanes of at least 4 members (excludes halogenated alkanes) is 11. The molecule has 23 heavy (non-hydrogen) atoms. The van der Waals surface area contributed by atoms with Crippen LogP contribution in [0.1, 0.15) is 96.8 Å². The average molecular weight is 329 g/mol. The van der Waals surface area contributed by atoms with E-state index in [2.05, 4.69) is 30.3 Å². The second kappa shape index (κ2) is 23.4. The third-order valence-corrected chi connectivity index (χ3v) is 3.65. The van der Waals surface area contributed by atoms with Crippen LogP contribution in [0.15, 0.2) is 12.2 Å². The van der Waals surface area contributed by atoms with Gasteiger partial charge in [0.15, 0.2) is 0 Å². The Balaban J connectivity index is 0. The van der Waals surface area contributed by atoms with E-state index >= 15 is 0 Å². The van der Waals surface area contributed by atoms with Gasteiger partial charge in [-0.3, -0.25) is 16.1 Å². The summed E-state index contributed by atoms with van der Waals surface area (Å²) in [5.41, 5.74) is 2.25. The Kier molecular flexibility index (Phi) is 24.8. The molecule has 0 heterocycles. The van der Waals surface area contributed by atoms with Crippen LogP contribution in [-0.4, -0.2) is 18.1 Å². The van der Waals surface area contributed by atoms with Crippen molar-refractivity contribution in [1.29, 1.82) is 0 Å². The van der Waals surface area contributed by atoms with Gasteiger partial charge in [0.05, 0.1) is 0 Å². The minimum atomic E-state index is -0.664. The molecule has 0 unspecified atom stereocenters. The highest BCUT2D eigenvalue weighted by molar-refractivity contribution is 5.66. The maximum Gasteiger partial charge on any atom is 0.303 e. The number of carboxylic acids is 1. The minimum Gasteiger partial charge on any atom is -0.481 e. The van der Waals surface area contributed by atoms with Gasteiger partial charge < -0.3 is 5.11 Å². The Labute approximate surface area is 143 Å². The van der Waals surface area contributed by atoms with Gasteiger partial charge in [0.1, 0.15) is 0 Å².